The van der Waals surface area contributed by atoms with Gasteiger partial charge in [-0.05, 0) is 30.9 Å². The molecule has 2 fully saturated rings. The zero-order valence-corrected chi connectivity index (χ0v) is 17.8. The molecule has 0 N–H and O–H groups in total. The molecule has 2 aliphatic heterocycles. The SMILES string of the molecule is O=C(c1ccc(OCC(F)(F)F)nc1)N1CCC(N2C(=O)OC[C@@H]2Cc2ccccc2)CC1. The van der Waals surface area contributed by atoms with Gasteiger partial charge in [0.25, 0.3) is 5.91 Å². The molecule has 0 aliphatic carbocycles. The molecule has 1 aromatic heterocycles. The van der Waals surface area contributed by atoms with Crippen molar-refractivity contribution in [1.82, 2.24) is 14.8 Å². The minimum absolute atomic E-state index is 0.0194. The van der Waals surface area contributed by atoms with Crippen LogP contribution in [0.5, 0.6) is 5.88 Å². The van der Waals surface area contributed by atoms with E-state index in [1.807, 2.05) is 35.2 Å². The Morgan fingerprint density at radius 3 is 2.48 bits per heavy atom. The Hall–Kier alpha value is -3.30. The largest absolute Gasteiger partial charge is 0.468 e. The van der Waals surface area contributed by atoms with Gasteiger partial charge in [0, 0.05) is 31.4 Å². The molecule has 10 heteroatoms. The number of amides is 2. The number of hydrogen-bond acceptors (Lipinski definition) is 5. The molecule has 3 heterocycles. The van der Waals surface area contributed by atoms with Gasteiger partial charge in [0.05, 0.1) is 11.6 Å². The molecule has 2 amide bonds. The summed E-state index contributed by atoms with van der Waals surface area (Å²) in [6.07, 6.45) is -1.62. The number of nitrogens with zero attached hydrogens (tertiary/aromatic N) is 3. The number of rotatable bonds is 6. The maximum atomic E-state index is 12.8. The Bertz CT molecular complexity index is 961. The number of piperidine rings is 1. The van der Waals surface area contributed by atoms with Crippen LogP contribution in [0.4, 0.5) is 18.0 Å². The van der Waals surface area contributed by atoms with Crippen LogP contribution in [0.3, 0.4) is 0 Å². The van der Waals surface area contributed by atoms with Crippen molar-refractivity contribution in [3.05, 3.63) is 59.8 Å². The van der Waals surface area contributed by atoms with Crippen LogP contribution in [-0.4, -0.2) is 71.3 Å². The lowest BCUT2D eigenvalue weighted by Crippen LogP contribution is -2.50. The van der Waals surface area contributed by atoms with E-state index in [1.54, 1.807) is 4.90 Å². The zero-order valence-electron chi connectivity index (χ0n) is 17.8. The molecule has 4 rings (SSSR count). The van der Waals surface area contributed by atoms with Gasteiger partial charge < -0.3 is 14.4 Å². The summed E-state index contributed by atoms with van der Waals surface area (Å²) < 4.78 is 46.6. The number of alkyl halides is 3. The number of cyclic esters (lactones) is 1. The van der Waals surface area contributed by atoms with Crippen molar-refractivity contribution in [2.24, 2.45) is 0 Å². The van der Waals surface area contributed by atoms with Crippen LogP contribution in [0.2, 0.25) is 0 Å². The highest BCUT2D eigenvalue weighted by Crippen LogP contribution is 2.27. The number of benzene rings is 1. The summed E-state index contributed by atoms with van der Waals surface area (Å²) in [5, 5.41) is 0. The van der Waals surface area contributed by atoms with Crippen LogP contribution in [0.15, 0.2) is 48.7 Å². The maximum Gasteiger partial charge on any atom is 0.422 e. The molecule has 0 radical (unpaired) electrons. The number of ether oxygens (including phenoxy) is 2. The Balaban J connectivity index is 1.32. The van der Waals surface area contributed by atoms with Crippen molar-refractivity contribution in [3.63, 3.8) is 0 Å². The quantitative estimate of drug-likeness (QED) is 0.654. The van der Waals surface area contributed by atoms with Crippen molar-refractivity contribution in [2.75, 3.05) is 26.3 Å². The summed E-state index contributed by atoms with van der Waals surface area (Å²) in [6, 6.07) is 12.5. The van der Waals surface area contributed by atoms with E-state index in [1.165, 1.54) is 18.3 Å². The Kier molecular flexibility index (Phi) is 6.71. The lowest BCUT2D eigenvalue weighted by molar-refractivity contribution is -0.154. The number of carbonyl (C=O) groups excluding carboxylic acids is 2. The topological polar surface area (TPSA) is 72.0 Å². The van der Waals surface area contributed by atoms with Crippen LogP contribution in [0.1, 0.15) is 28.8 Å². The first-order valence-corrected chi connectivity index (χ1v) is 10.7. The van der Waals surface area contributed by atoms with Crippen molar-refractivity contribution in [3.8, 4) is 5.88 Å². The number of carbonyl (C=O) groups is 2. The lowest BCUT2D eigenvalue weighted by Gasteiger charge is -2.38. The molecule has 0 bridgehead atoms. The fourth-order valence-corrected chi connectivity index (χ4v) is 4.24. The first-order valence-electron chi connectivity index (χ1n) is 10.7. The third kappa shape index (κ3) is 5.74. The molecular formula is C23H24F3N3O4. The molecule has 1 atom stereocenters. The van der Waals surface area contributed by atoms with Gasteiger partial charge in [-0.25, -0.2) is 9.78 Å². The Labute approximate surface area is 189 Å². The number of halogens is 3. The molecule has 2 saturated heterocycles. The normalized spacial score (nSPS) is 19.5. The monoisotopic (exact) mass is 463 g/mol. The van der Waals surface area contributed by atoms with E-state index >= 15 is 0 Å². The number of pyridine rings is 1. The molecule has 7 nitrogen and oxygen atoms in total. The van der Waals surface area contributed by atoms with Gasteiger partial charge in [0.15, 0.2) is 6.61 Å². The van der Waals surface area contributed by atoms with Gasteiger partial charge in [-0.1, -0.05) is 30.3 Å². The zero-order chi connectivity index (χ0) is 23.4. The van der Waals surface area contributed by atoms with Crippen molar-refractivity contribution >= 4 is 12.0 Å². The predicted molar refractivity (Wildman–Crippen MR) is 112 cm³/mol. The lowest BCUT2D eigenvalue weighted by atomic mass is 9.99. The number of hydrogen-bond donors (Lipinski definition) is 0. The summed E-state index contributed by atoms with van der Waals surface area (Å²) in [7, 11) is 0. The van der Waals surface area contributed by atoms with E-state index in [4.69, 9.17) is 4.74 Å². The van der Waals surface area contributed by atoms with Crippen LogP contribution >= 0.6 is 0 Å². The molecule has 0 spiro atoms. The second-order valence-electron chi connectivity index (χ2n) is 8.14. The number of aromatic nitrogens is 1. The van der Waals surface area contributed by atoms with E-state index in [0.717, 1.165) is 5.56 Å². The molecule has 176 valence electrons. The highest BCUT2D eigenvalue weighted by Gasteiger charge is 2.40. The van der Waals surface area contributed by atoms with E-state index in [-0.39, 0.29) is 35.5 Å². The van der Waals surface area contributed by atoms with E-state index in [9.17, 15) is 22.8 Å². The standard InChI is InChI=1S/C23H24F3N3O4/c24-23(25,26)15-33-20-7-6-17(13-27-20)21(30)28-10-8-18(9-11-28)29-19(14-32-22(29)31)12-16-4-2-1-3-5-16/h1-7,13,18-19H,8-12,14-15H2/t19-/m0/s1. The highest BCUT2D eigenvalue weighted by molar-refractivity contribution is 5.94. The first-order chi connectivity index (χ1) is 15.8. The molecule has 1 aromatic carbocycles. The van der Waals surface area contributed by atoms with Crippen molar-refractivity contribution < 1.29 is 32.2 Å². The summed E-state index contributed by atoms with van der Waals surface area (Å²) >= 11 is 0. The van der Waals surface area contributed by atoms with E-state index in [2.05, 4.69) is 9.72 Å². The Morgan fingerprint density at radius 1 is 1.12 bits per heavy atom. The second kappa shape index (κ2) is 9.68. The molecular weight excluding hydrogens is 439 g/mol. The number of likely N-dealkylation sites (tertiary alicyclic amines) is 1. The van der Waals surface area contributed by atoms with Gasteiger partial charge in [-0.2, -0.15) is 13.2 Å². The van der Waals surface area contributed by atoms with Crippen molar-refractivity contribution in [2.45, 2.75) is 37.5 Å². The molecule has 2 aliphatic rings. The van der Waals surface area contributed by atoms with Gasteiger partial charge >= 0.3 is 12.3 Å². The van der Waals surface area contributed by atoms with E-state index < -0.39 is 12.8 Å². The molecule has 33 heavy (non-hydrogen) atoms. The van der Waals surface area contributed by atoms with Crippen LogP contribution in [0, 0.1) is 0 Å². The fourth-order valence-electron chi connectivity index (χ4n) is 4.24. The molecule has 0 unspecified atom stereocenters. The van der Waals surface area contributed by atoms with Crippen LogP contribution in [0.25, 0.3) is 0 Å². The molecule has 2 aromatic rings. The van der Waals surface area contributed by atoms with E-state index in [0.29, 0.717) is 39.0 Å². The Morgan fingerprint density at radius 2 is 1.85 bits per heavy atom. The third-order valence-corrected chi connectivity index (χ3v) is 5.83. The second-order valence-corrected chi connectivity index (χ2v) is 8.14. The van der Waals surface area contributed by atoms with Crippen LogP contribution in [-0.2, 0) is 11.2 Å². The average Bonchev–Trinajstić information content (AvgIpc) is 3.17. The summed E-state index contributed by atoms with van der Waals surface area (Å²) in [5.41, 5.74) is 1.41. The minimum Gasteiger partial charge on any atom is -0.468 e. The van der Waals surface area contributed by atoms with Gasteiger partial charge in [-0.3, -0.25) is 9.69 Å². The molecule has 0 saturated carbocycles. The highest BCUT2D eigenvalue weighted by atomic mass is 19.4. The summed E-state index contributed by atoms with van der Waals surface area (Å²) in [4.78, 5) is 32.4. The van der Waals surface area contributed by atoms with Gasteiger partial charge in [-0.15, -0.1) is 0 Å². The first kappa shape index (κ1) is 22.9. The van der Waals surface area contributed by atoms with Gasteiger partial charge in [0.2, 0.25) is 5.88 Å². The average molecular weight is 463 g/mol. The van der Waals surface area contributed by atoms with Crippen molar-refractivity contribution in [1.29, 1.82) is 0 Å². The smallest absolute Gasteiger partial charge is 0.422 e. The van der Waals surface area contributed by atoms with Gasteiger partial charge in [0.1, 0.15) is 6.61 Å². The predicted octanol–water partition coefficient (Wildman–Crippen LogP) is 3.69. The fraction of sp³-hybridized carbons (Fsp3) is 0.435. The van der Waals surface area contributed by atoms with Crippen LogP contribution < -0.4 is 4.74 Å². The maximum absolute atomic E-state index is 12.8. The third-order valence-electron chi connectivity index (χ3n) is 5.83. The minimum atomic E-state index is -4.46. The summed E-state index contributed by atoms with van der Waals surface area (Å²) in [6.45, 7) is -0.179. The summed E-state index contributed by atoms with van der Waals surface area (Å²) in [5.74, 6) is -0.451.